The molecule has 3 atom stereocenters. The van der Waals surface area contributed by atoms with Crippen LogP contribution in [0, 0.1) is 0 Å². The Bertz CT molecular complexity index is 449. The highest BCUT2D eigenvalue weighted by atomic mass is 32.2. The van der Waals surface area contributed by atoms with Gasteiger partial charge in [-0.1, -0.05) is 0 Å². The zero-order chi connectivity index (χ0) is 18.0. The van der Waals surface area contributed by atoms with E-state index in [1.54, 1.807) is 0 Å². The number of thioether (sulfide) groups is 1. The topological polar surface area (TPSA) is 165 Å². The molecule has 11 heteroatoms. The third-order valence-corrected chi connectivity index (χ3v) is 3.81. The van der Waals surface area contributed by atoms with E-state index in [0.29, 0.717) is 5.75 Å². The standard InChI is InChI=1S/C12H22N4O5S2/c1-23-3-2-7(11(19)16-8(5-22)12(20)21)15-10(18)6(13)4-9(14)17/h6-8,22H,2-5,13H2,1H3,(H2,14,17)(H,15,18)(H,16,19)(H,20,21)/t6-,7-,8-/m0/s1. The number of nitrogens with two attached hydrogens (primary N) is 2. The van der Waals surface area contributed by atoms with E-state index in [2.05, 4.69) is 23.3 Å². The third kappa shape index (κ3) is 8.67. The molecule has 0 spiro atoms. The summed E-state index contributed by atoms with van der Waals surface area (Å²) >= 11 is 5.31. The monoisotopic (exact) mass is 366 g/mol. The minimum Gasteiger partial charge on any atom is -0.480 e. The molecule has 0 aliphatic rings. The molecule has 0 saturated heterocycles. The number of thiol groups is 1. The number of rotatable bonds is 11. The Labute approximate surface area is 143 Å². The van der Waals surface area contributed by atoms with Gasteiger partial charge in [0.15, 0.2) is 0 Å². The highest BCUT2D eigenvalue weighted by Crippen LogP contribution is 2.03. The van der Waals surface area contributed by atoms with Crippen LogP contribution in [0.25, 0.3) is 0 Å². The van der Waals surface area contributed by atoms with Gasteiger partial charge in [0.05, 0.1) is 12.5 Å². The van der Waals surface area contributed by atoms with Gasteiger partial charge < -0.3 is 27.2 Å². The first kappa shape index (κ1) is 21.5. The van der Waals surface area contributed by atoms with Gasteiger partial charge in [-0.15, -0.1) is 0 Å². The Kier molecular flexibility index (Phi) is 10.4. The number of carboxylic acid groups (broad SMARTS) is 1. The Morgan fingerprint density at radius 3 is 2.17 bits per heavy atom. The molecule has 0 aromatic heterocycles. The summed E-state index contributed by atoms with van der Waals surface area (Å²) in [5, 5.41) is 13.6. The smallest absolute Gasteiger partial charge is 0.327 e. The molecule has 7 N–H and O–H groups in total. The summed E-state index contributed by atoms with van der Waals surface area (Å²) in [6.45, 7) is 0. The van der Waals surface area contributed by atoms with Gasteiger partial charge in [-0.2, -0.15) is 24.4 Å². The lowest BCUT2D eigenvalue weighted by atomic mass is 10.1. The molecule has 0 aromatic rings. The molecular weight excluding hydrogens is 344 g/mol. The molecule has 23 heavy (non-hydrogen) atoms. The quantitative estimate of drug-likeness (QED) is 0.228. The van der Waals surface area contributed by atoms with Crippen molar-refractivity contribution in [2.24, 2.45) is 11.5 Å². The maximum absolute atomic E-state index is 12.1. The fourth-order valence-electron chi connectivity index (χ4n) is 1.55. The maximum atomic E-state index is 12.1. The fourth-order valence-corrected chi connectivity index (χ4v) is 2.27. The number of primary amides is 1. The Morgan fingerprint density at radius 1 is 1.17 bits per heavy atom. The SMILES string of the molecule is CSCC[C@H](NC(=O)[C@@H](N)CC(N)=O)C(=O)N[C@@H](CS)C(=O)O. The van der Waals surface area contributed by atoms with Crippen LogP contribution in [0.1, 0.15) is 12.8 Å². The molecule has 0 bridgehead atoms. The second kappa shape index (κ2) is 11.1. The number of hydrogen-bond donors (Lipinski definition) is 6. The van der Waals surface area contributed by atoms with E-state index in [4.69, 9.17) is 16.6 Å². The summed E-state index contributed by atoms with van der Waals surface area (Å²) in [6, 6.07) is -3.30. The van der Waals surface area contributed by atoms with Crippen LogP contribution in [0.3, 0.4) is 0 Å². The summed E-state index contributed by atoms with van der Waals surface area (Å²) < 4.78 is 0. The molecule has 132 valence electrons. The first-order chi connectivity index (χ1) is 10.7. The minimum atomic E-state index is -1.23. The van der Waals surface area contributed by atoms with Crippen molar-refractivity contribution in [1.29, 1.82) is 0 Å². The summed E-state index contributed by atoms with van der Waals surface area (Å²) in [5.41, 5.74) is 10.5. The van der Waals surface area contributed by atoms with Crippen molar-refractivity contribution in [3.8, 4) is 0 Å². The second-order valence-electron chi connectivity index (χ2n) is 4.70. The average molecular weight is 366 g/mol. The van der Waals surface area contributed by atoms with Crippen molar-refractivity contribution in [1.82, 2.24) is 10.6 Å². The average Bonchev–Trinajstić information content (AvgIpc) is 2.47. The zero-order valence-electron chi connectivity index (χ0n) is 12.7. The first-order valence-electron chi connectivity index (χ1n) is 6.70. The Balaban J connectivity index is 4.85. The predicted octanol–water partition coefficient (Wildman–Crippen LogP) is -2.07. The molecular formula is C12H22N4O5S2. The number of amides is 3. The van der Waals surface area contributed by atoms with Crippen LogP contribution < -0.4 is 22.1 Å². The van der Waals surface area contributed by atoms with E-state index in [1.807, 2.05) is 6.26 Å². The van der Waals surface area contributed by atoms with Gasteiger partial charge in [0.1, 0.15) is 12.1 Å². The molecule has 0 heterocycles. The molecule has 0 rings (SSSR count). The number of carbonyl (C=O) groups excluding carboxylic acids is 3. The van der Waals surface area contributed by atoms with Gasteiger partial charge in [-0.3, -0.25) is 14.4 Å². The molecule has 0 fully saturated rings. The molecule has 9 nitrogen and oxygen atoms in total. The van der Waals surface area contributed by atoms with Crippen LogP contribution in [0.4, 0.5) is 0 Å². The van der Waals surface area contributed by atoms with Gasteiger partial charge in [-0.25, -0.2) is 4.79 Å². The molecule has 0 radical (unpaired) electrons. The van der Waals surface area contributed by atoms with Crippen LogP contribution in [-0.4, -0.2) is 64.7 Å². The second-order valence-corrected chi connectivity index (χ2v) is 6.05. The number of carboxylic acids is 1. The lowest BCUT2D eigenvalue weighted by Crippen LogP contribution is -2.55. The first-order valence-corrected chi connectivity index (χ1v) is 8.72. The molecule has 0 unspecified atom stereocenters. The molecule has 0 aliphatic heterocycles. The van der Waals surface area contributed by atoms with Gasteiger partial charge in [0, 0.05) is 5.75 Å². The van der Waals surface area contributed by atoms with Crippen LogP contribution in [0.15, 0.2) is 0 Å². The largest absolute Gasteiger partial charge is 0.480 e. The van der Waals surface area contributed by atoms with Gasteiger partial charge in [0.2, 0.25) is 17.7 Å². The number of nitrogens with one attached hydrogen (secondary N) is 2. The zero-order valence-corrected chi connectivity index (χ0v) is 14.4. The number of carbonyl (C=O) groups is 4. The van der Waals surface area contributed by atoms with E-state index >= 15 is 0 Å². The van der Waals surface area contributed by atoms with Crippen LogP contribution in [0.5, 0.6) is 0 Å². The normalized spacial score (nSPS) is 14.4. The molecule has 0 saturated carbocycles. The fraction of sp³-hybridized carbons (Fsp3) is 0.667. The summed E-state index contributed by atoms with van der Waals surface area (Å²) in [5.74, 6) is -2.86. The van der Waals surface area contributed by atoms with E-state index in [-0.39, 0.29) is 18.6 Å². The molecule has 0 aromatic carbocycles. The van der Waals surface area contributed by atoms with Crippen LogP contribution in [0.2, 0.25) is 0 Å². The lowest BCUT2D eigenvalue weighted by molar-refractivity contribution is -0.141. The van der Waals surface area contributed by atoms with Gasteiger partial charge >= 0.3 is 5.97 Å². The summed E-state index contributed by atoms with van der Waals surface area (Å²) in [4.78, 5) is 45.7. The molecule has 3 amide bonds. The lowest BCUT2D eigenvalue weighted by Gasteiger charge is -2.22. The van der Waals surface area contributed by atoms with E-state index < -0.39 is 41.8 Å². The van der Waals surface area contributed by atoms with E-state index in [0.717, 1.165) is 0 Å². The predicted molar refractivity (Wildman–Crippen MR) is 90.1 cm³/mol. The molecule has 0 aliphatic carbocycles. The number of aliphatic carboxylic acids is 1. The van der Waals surface area contributed by atoms with Crippen molar-refractivity contribution in [3.05, 3.63) is 0 Å². The highest BCUT2D eigenvalue weighted by Gasteiger charge is 2.27. The maximum Gasteiger partial charge on any atom is 0.327 e. The Morgan fingerprint density at radius 2 is 1.74 bits per heavy atom. The summed E-state index contributed by atoms with van der Waals surface area (Å²) in [7, 11) is 0. The van der Waals surface area contributed by atoms with Gasteiger partial charge in [-0.05, 0) is 18.4 Å². The van der Waals surface area contributed by atoms with Crippen LogP contribution >= 0.6 is 24.4 Å². The van der Waals surface area contributed by atoms with Crippen molar-refractivity contribution < 1.29 is 24.3 Å². The van der Waals surface area contributed by atoms with E-state index in [1.165, 1.54) is 11.8 Å². The third-order valence-electron chi connectivity index (χ3n) is 2.80. The minimum absolute atomic E-state index is 0.0918. The van der Waals surface area contributed by atoms with E-state index in [9.17, 15) is 19.2 Å². The van der Waals surface area contributed by atoms with Crippen molar-refractivity contribution in [3.63, 3.8) is 0 Å². The van der Waals surface area contributed by atoms with Crippen LogP contribution in [-0.2, 0) is 19.2 Å². The number of hydrogen-bond acceptors (Lipinski definition) is 7. The van der Waals surface area contributed by atoms with Crippen molar-refractivity contribution in [2.45, 2.75) is 31.0 Å². The highest BCUT2D eigenvalue weighted by molar-refractivity contribution is 7.98. The van der Waals surface area contributed by atoms with Crippen molar-refractivity contribution in [2.75, 3.05) is 17.8 Å². The van der Waals surface area contributed by atoms with Gasteiger partial charge in [0.25, 0.3) is 0 Å². The van der Waals surface area contributed by atoms with Crippen molar-refractivity contribution >= 4 is 48.1 Å². The summed E-state index contributed by atoms with van der Waals surface area (Å²) in [6.07, 6.45) is 1.75. The Hall–Kier alpha value is -1.46.